The Kier molecular flexibility index (Phi) is 5.01. The Labute approximate surface area is 133 Å². The Morgan fingerprint density at radius 3 is 2.77 bits per heavy atom. The summed E-state index contributed by atoms with van der Waals surface area (Å²) in [5.74, 6) is 1.38. The van der Waals surface area contributed by atoms with Crippen molar-refractivity contribution in [3.63, 3.8) is 0 Å². The molecule has 2 atom stereocenters. The topological polar surface area (TPSA) is 49.9 Å². The molecule has 0 N–H and O–H groups in total. The standard InChI is InChI=1S/C17H28N2O3/c1-18-10-14-11-19(9-8-15(14)22-12-17(18)21)16(20)7-6-13-4-2-3-5-13/h13-15H,2-12H2,1H3/t14-,15-/m0/s1. The number of ether oxygens (including phenoxy) is 1. The Bertz CT molecular complexity index is 420. The third-order valence-electron chi connectivity index (χ3n) is 5.61. The summed E-state index contributed by atoms with van der Waals surface area (Å²) >= 11 is 0. The fourth-order valence-electron chi connectivity index (χ4n) is 4.16. The van der Waals surface area contributed by atoms with Crippen LogP contribution in [-0.2, 0) is 14.3 Å². The smallest absolute Gasteiger partial charge is 0.248 e. The van der Waals surface area contributed by atoms with Crippen molar-refractivity contribution < 1.29 is 14.3 Å². The van der Waals surface area contributed by atoms with Gasteiger partial charge in [0.25, 0.3) is 0 Å². The summed E-state index contributed by atoms with van der Waals surface area (Å²) in [7, 11) is 1.83. The molecule has 3 aliphatic rings. The second kappa shape index (κ2) is 6.99. The van der Waals surface area contributed by atoms with E-state index in [-0.39, 0.29) is 24.5 Å². The van der Waals surface area contributed by atoms with E-state index in [9.17, 15) is 9.59 Å². The van der Waals surface area contributed by atoms with E-state index >= 15 is 0 Å². The molecule has 2 aliphatic heterocycles. The lowest BCUT2D eigenvalue weighted by Crippen LogP contribution is -2.48. The van der Waals surface area contributed by atoms with Gasteiger partial charge in [-0.3, -0.25) is 9.59 Å². The van der Waals surface area contributed by atoms with Crippen molar-refractivity contribution >= 4 is 11.8 Å². The highest BCUT2D eigenvalue weighted by atomic mass is 16.5. The van der Waals surface area contributed by atoms with Crippen molar-refractivity contribution in [3.8, 4) is 0 Å². The Morgan fingerprint density at radius 2 is 2.00 bits per heavy atom. The Balaban J connectivity index is 1.51. The molecule has 124 valence electrons. The minimum absolute atomic E-state index is 0.0495. The molecule has 3 fully saturated rings. The van der Waals surface area contributed by atoms with Gasteiger partial charge in [-0.15, -0.1) is 0 Å². The Morgan fingerprint density at radius 1 is 1.23 bits per heavy atom. The van der Waals surface area contributed by atoms with Crippen LogP contribution < -0.4 is 0 Å². The van der Waals surface area contributed by atoms with Crippen molar-refractivity contribution in [1.82, 2.24) is 9.80 Å². The summed E-state index contributed by atoms with van der Waals surface area (Å²) in [5.41, 5.74) is 0. The molecule has 2 amide bonds. The van der Waals surface area contributed by atoms with Crippen LogP contribution in [0.4, 0.5) is 0 Å². The zero-order chi connectivity index (χ0) is 15.5. The van der Waals surface area contributed by atoms with E-state index in [0.29, 0.717) is 18.9 Å². The highest BCUT2D eigenvalue weighted by Gasteiger charge is 2.36. The third kappa shape index (κ3) is 3.62. The normalized spacial score (nSPS) is 30.3. The minimum Gasteiger partial charge on any atom is -0.368 e. The first-order valence-electron chi connectivity index (χ1n) is 8.77. The molecule has 5 nitrogen and oxygen atoms in total. The first-order valence-corrected chi connectivity index (χ1v) is 8.77. The van der Waals surface area contributed by atoms with Gasteiger partial charge in [0.1, 0.15) is 6.61 Å². The van der Waals surface area contributed by atoms with Gasteiger partial charge in [-0.25, -0.2) is 0 Å². The monoisotopic (exact) mass is 308 g/mol. The SMILES string of the molecule is CN1C[C@H]2CN(C(=O)CCC3CCCC3)CC[C@@H]2OCC1=O. The number of fused-ring (bicyclic) bond motifs is 1. The molecule has 0 aromatic carbocycles. The van der Waals surface area contributed by atoms with Crippen LogP contribution in [-0.4, -0.2) is 61.0 Å². The molecule has 0 unspecified atom stereocenters. The van der Waals surface area contributed by atoms with Gasteiger partial charge in [0.05, 0.1) is 6.10 Å². The molecule has 0 spiro atoms. The fraction of sp³-hybridized carbons (Fsp3) is 0.882. The molecule has 1 aliphatic carbocycles. The number of hydrogen-bond donors (Lipinski definition) is 0. The van der Waals surface area contributed by atoms with Crippen LogP contribution in [0, 0.1) is 11.8 Å². The molecule has 0 aromatic heterocycles. The van der Waals surface area contributed by atoms with Crippen molar-refractivity contribution in [1.29, 1.82) is 0 Å². The second-order valence-electron chi connectivity index (χ2n) is 7.20. The predicted molar refractivity (Wildman–Crippen MR) is 83.3 cm³/mol. The van der Waals surface area contributed by atoms with E-state index in [1.807, 2.05) is 11.9 Å². The summed E-state index contributed by atoms with van der Waals surface area (Å²) in [6.07, 6.45) is 8.02. The van der Waals surface area contributed by atoms with Crippen LogP contribution >= 0.6 is 0 Å². The van der Waals surface area contributed by atoms with Crippen molar-refractivity contribution in [2.45, 2.75) is 51.0 Å². The van der Waals surface area contributed by atoms with Crippen LogP contribution in [0.5, 0.6) is 0 Å². The van der Waals surface area contributed by atoms with Gasteiger partial charge >= 0.3 is 0 Å². The molecule has 0 aromatic rings. The number of nitrogens with zero attached hydrogens (tertiary/aromatic N) is 2. The maximum Gasteiger partial charge on any atom is 0.248 e. The van der Waals surface area contributed by atoms with E-state index in [2.05, 4.69) is 0 Å². The third-order valence-corrected chi connectivity index (χ3v) is 5.61. The van der Waals surface area contributed by atoms with Gasteiger partial charge in [-0.2, -0.15) is 0 Å². The van der Waals surface area contributed by atoms with Gasteiger partial charge in [-0.1, -0.05) is 25.7 Å². The van der Waals surface area contributed by atoms with Crippen molar-refractivity contribution in [3.05, 3.63) is 0 Å². The van der Waals surface area contributed by atoms with E-state index in [4.69, 9.17) is 4.74 Å². The number of carbonyl (C=O) groups excluding carboxylic acids is 2. The van der Waals surface area contributed by atoms with E-state index in [0.717, 1.165) is 31.8 Å². The molecular weight excluding hydrogens is 280 g/mol. The number of piperidine rings is 1. The maximum absolute atomic E-state index is 12.5. The lowest BCUT2D eigenvalue weighted by atomic mass is 9.93. The van der Waals surface area contributed by atoms with Crippen molar-refractivity contribution in [2.75, 3.05) is 33.3 Å². The zero-order valence-electron chi connectivity index (χ0n) is 13.6. The first kappa shape index (κ1) is 15.8. The van der Waals surface area contributed by atoms with Gasteiger partial charge in [0.2, 0.25) is 11.8 Å². The second-order valence-corrected chi connectivity index (χ2v) is 7.20. The number of rotatable bonds is 3. The van der Waals surface area contributed by atoms with Crippen LogP contribution in [0.2, 0.25) is 0 Å². The summed E-state index contributed by atoms with van der Waals surface area (Å²) in [6, 6.07) is 0. The Hall–Kier alpha value is -1.10. The van der Waals surface area contributed by atoms with Gasteiger partial charge in [0.15, 0.2) is 0 Å². The predicted octanol–water partition coefficient (Wildman–Crippen LogP) is 1.66. The molecule has 2 heterocycles. The average Bonchev–Trinajstić information content (AvgIpc) is 2.99. The summed E-state index contributed by atoms with van der Waals surface area (Å²) < 4.78 is 5.73. The van der Waals surface area contributed by atoms with Gasteiger partial charge in [-0.05, 0) is 18.8 Å². The number of likely N-dealkylation sites (N-methyl/N-ethyl adjacent to an activating group) is 1. The van der Waals surface area contributed by atoms with E-state index in [1.54, 1.807) is 4.90 Å². The first-order chi connectivity index (χ1) is 10.6. The highest BCUT2D eigenvalue weighted by Crippen LogP contribution is 2.29. The number of hydrogen-bond acceptors (Lipinski definition) is 3. The summed E-state index contributed by atoms with van der Waals surface area (Å²) in [5, 5.41) is 0. The zero-order valence-corrected chi connectivity index (χ0v) is 13.6. The molecule has 3 rings (SSSR count). The van der Waals surface area contributed by atoms with Crippen LogP contribution in [0.15, 0.2) is 0 Å². The molecule has 5 heteroatoms. The quantitative estimate of drug-likeness (QED) is 0.797. The maximum atomic E-state index is 12.5. The summed E-state index contributed by atoms with van der Waals surface area (Å²) in [6.45, 7) is 2.41. The van der Waals surface area contributed by atoms with Gasteiger partial charge < -0.3 is 14.5 Å². The highest BCUT2D eigenvalue weighted by molar-refractivity contribution is 5.78. The molecule has 22 heavy (non-hydrogen) atoms. The number of carbonyl (C=O) groups is 2. The van der Waals surface area contributed by atoms with E-state index in [1.165, 1.54) is 25.7 Å². The lowest BCUT2D eigenvalue weighted by molar-refractivity contribution is -0.137. The van der Waals surface area contributed by atoms with Crippen LogP contribution in [0.1, 0.15) is 44.9 Å². The molecular formula is C17H28N2O3. The largest absolute Gasteiger partial charge is 0.368 e. The molecule has 2 saturated heterocycles. The van der Waals surface area contributed by atoms with Crippen molar-refractivity contribution in [2.24, 2.45) is 11.8 Å². The lowest BCUT2D eigenvalue weighted by Gasteiger charge is -2.38. The number of amides is 2. The van der Waals surface area contributed by atoms with Crippen LogP contribution in [0.3, 0.4) is 0 Å². The summed E-state index contributed by atoms with van der Waals surface area (Å²) in [4.78, 5) is 28.0. The van der Waals surface area contributed by atoms with Gasteiger partial charge in [0, 0.05) is 39.0 Å². The molecule has 0 bridgehead atoms. The molecule has 1 saturated carbocycles. The minimum atomic E-state index is 0.0495. The average molecular weight is 308 g/mol. The molecule has 0 radical (unpaired) electrons. The van der Waals surface area contributed by atoms with Crippen LogP contribution in [0.25, 0.3) is 0 Å². The number of likely N-dealkylation sites (tertiary alicyclic amines) is 1. The fourth-order valence-corrected chi connectivity index (χ4v) is 4.16. The van der Waals surface area contributed by atoms with E-state index < -0.39 is 0 Å².